The highest BCUT2D eigenvalue weighted by atomic mass is 16.5. The maximum Gasteiger partial charge on any atom is 0.304 e. The Morgan fingerprint density at radius 3 is 2.37 bits per heavy atom. The van der Waals surface area contributed by atoms with E-state index in [0.29, 0.717) is 19.1 Å². The van der Waals surface area contributed by atoms with E-state index in [-0.39, 0.29) is 6.42 Å². The molecule has 1 rings (SSSR count). The van der Waals surface area contributed by atoms with Gasteiger partial charge in [0, 0.05) is 12.0 Å². The second kappa shape index (κ2) is 6.57. The van der Waals surface area contributed by atoms with Crippen LogP contribution in [0.2, 0.25) is 0 Å². The average molecular weight is 265 g/mol. The lowest BCUT2D eigenvalue weighted by atomic mass is 9.79. The van der Waals surface area contributed by atoms with Crippen LogP contribution in [-0.4, -0.2) is 24.2 Å². The SMILES string of the molecule is CC(C)COc1ccc(C(C)(CN)CC(=O)O)cc1. The lowest BCUT2D eigenvalue weighted by Gasteiger charge is -2.26. The van der Waals surface area contributed by atoms with E-state index >= 15 is 0 Å². The van der Waals surface area contributed by atoms with E-state index in [9.17, 15) is 4.79 Å². The molecule has 0 aliphatic carbocycles. The van der Waals surface area contributed by atoms with Crippen LogP contribution in [0.25, 0.3) is 0 Å². The minimum Gasteiger partial charge on any atom is -0.493 e. The van der Waals surface area contributed by atoms with Gasteiger partial charge in [-0.2, -0.15) is 0 Å². The molecule has 1 atom stereocenters. The molecule has 0 bridgehead atoms. The molecule has 0 saturated heterocycles. The Balaban J connectivity index is 2.81. The number of hydrogen-bond acceptors (Lipinski definition) is 3. The first-order valence-electron chi connectivity index (χ1n) is 6.52. The van der Waals surface area contributed by atoms with Crippen molar-refractivity contribution in [3.8, 4) is 5.75 Å². The lowest BCUT2D eigenvalue weighted by Crippen LogP contribution is -2.34. The number of carbonyl (C=O) groups is 1. The highest BCUT2D eigenvalue weighted by Gasteiger charge is 2.28. The van der Waals surface area contributed by atoms with Gasteiger partial charge in [-0.25, -0.2) is 0 Å². The first-order valence-corrected chi connectivity index (χ1v) is 6.52. The fraction of sp³-hybridized carbons (Fsp3) is 0.533. The zero-order valence-electron chi connectivity index (χ0n) is 11.8. The Labute approximate surface area is 114 Å². The number of carboxylic acids is 1. The van der Waals surface area contributed by atoms with Crippen molar-refractivity contribution in [2.45, 2.75) is 32.6 Å². The molecule has 1 aromatic rings. The van der Waals surface area contributed by atoms with Crippen LogP contribution in [0.4, 0.5) is 0 Å². The largest absolute Gasteiger partial charge is 0.493 e. The fourth-order valence-corrected chi connectivity index (χ4v) is 1.84. The molecule has 19 heavy (non-hydrogen) atoms. The van der Waals surface area contributed by atoms with E-state index in [2.05, 4.69) is 13.8 Å². The number of hydrogen-bond donors (Lipinski definition) is 2. The lowest BCUT2D eigenvalue weighted by molar-refractivity contribution is -0.138. The first kappa shape index (κ1) is 15.5. The minimum atomic E-state index is -0.840. The summed E-state index contributed by atoms with van der Waals surface area (Å²) in [6.45, 7) is 7.01. The monoisotopic (exact) mass is 265 g/mol. The smallest absolute Gasteiger partial charge is 0.304 e. The van der Waals surface area contributed by atoms with Crippen molar-refractivity contribution in [3.63, 3.8) is 0 Å². The summed E-state index contributed by atoms with van der Waals surface area (Å²) < 4.78 is 5.60. The molecular weight excluding hydrogens is 242 g/mol. The predicted octanol–water partition coefficient (Wildman–Crippen LogP) is 2.41. The van der Waals surface area contributed by atoms with Crippen molar-refractivity contribution in [1.82, 2.24) is 0 Å². The molecule has 1 aromatic carbocycles. The van der Waals surface area contributed by atoms with Gasteiger partial charge in [0.05, 0.1) is 13.0 Å². The zero-order chi connectivity index (χ0) is 14.5. The summed E-state index contributed by atoms with van der Waals surface area (Å²) in [6.07, 6.45) is 0.0235. The molecule has 0 heterocycles. The fourth-order valence-electron chi connectivity index (χ4n) is 1.84. The molecular formula is C15H23NO3. The molecule has 0 aliphatic rings. The molecule has 3 N–H and O–H groups in total. The predicted molar refractivity (Wildman–Crippen MR) is 75.4 cm³/mol. The van der Waals surface area contributed by atoms with Crippen LogP contribution >= 0.6 is 0 Å². The van der Waals surface area contributed by atoms with Crippen molar-refractivity contribution in [2.24, 2.45) is 11.7 Å². The van der Waals surface area contributed by atoms with Gasteiger partial charge in [0.25, 0.3) is 0 Å². The summed E-state index contributed by atoms with van der Waals surface area (Å²) in [6, 6.07) is 7.53. The third-order valence-electron chi connectivity index (χ3n) is 3.13. The van der Waals surface area contributed by atoms with Crippen molar-refractivity contribution >= 4 is 5.97 Å². The summed E-state index contributed by atoms with van der Waals surface area (Å²) in [5.41, 5.74) is 6.12. The quantitative estimate of drug-likeness (QED) is 0.794. The number of benzene rings is 1. The Kier molecular flexibility index (Phi) is 5.36. The second-order valence-corrected chi connectivity index (χ2v) is 5.56. The Morgan fingerprint density at radius 2 is 1.95 bits per heavy atom. The van der Waals surface area contributed by atoms with E-state index in [0.717, 1.165) is 11.3 Å². The van der Waals surface area contributed by atoms with E-state index in [1.165, 1.54) is 0 Å². The summed E-state index contributed by atoms with van der Waals surface area (Å²) >= 11 is 0. The van der Waals surface area contributed by atoms with Crippen LogP contribution in [0.1, 0.15) is 32.8 Å². The first-order chi connectivity index (χ1) is 8.87. The van der Waals surface area contributed by atoms with Gasteiger partial charge >= 0.3 is 5.97 Å². The molecule has 4 nitrogen and oxygen atoms in total. The van der Waals surface area contributed by atoms with Crippen molar-refractivity contribution in [3.05, 3.63) is 29.8 Å². The van der Waals surface area contributed by atoms with Crippen LogP contribution in [0, 0.1) is 5.92 Å². The molecule has 0 amide bonds. The van der Waals surface area contributed by atoms with Crippen LogP contribution in [0.5, 0.6) is 5.75 Å². The third kappa shape index (κ3) is 4.56. The molecule has 0 fully saturated rings. The summed E-state index contributed by atoms with van der Waals surface area (Å²) in [5.74, 6) is 0.432. The molecule has 0 radical (unpaired) electrons. The van der Waals surface area contributed by atoms with Gasteiger partial charge < -0.3 is 15.6 Å². The molecule has 0 saturated carbocycles. The average Bonchev–Trinajstić information content (AvgIpc) is 2.36. The van der Waals surface area contributed by atoms with Gasteiger partial charge in [0.15, 0.2) is 0 Å². The van der Waals surface area contributed by atoms with Gasteiger partial charge in [0.1, 0.15) is 5.75 Å². The highest BCUT2D eigenvalue weighted by molar-refractivity contribution is 5.69. The third-order valence-corrected chi connectivity index (χ3v) is 3.13. The molecule has 1 unspecified atom stereocenters. The highest BCUT2D eigenvalue weighted by Crippen LogP contribution is 2.28. The second-order valence-electron chi connectivity index (χ2n) is 5.56. The van der Waals surface area contributed by atoms with Crippen LogP contribution < -0.4 is 10.5 Å². The van der Waals surface area contributed by atoms with Gasteiger partial charge in [0.2, 0.25) is 0 Å². The van der Waals surface area contributed by atoms with E-state index in [1.807, 2.05) is 31.2 Å². The maximum atomic E-state index is 10.9. The van der Waals surface area contributed by atoms with Crippen molar-refractivity contribution in [1.29, 1.82) is 0 Å². The topological polar surface area (TPSA) is 72.5 Å². The van der Waals surface area contributed by atoms with E-state index in [1.54, 1.807) is 0 Å². The Morgan fingerprint density at radius 1 is 1.37 bits per heavy atom. The molecule has 0 aliphatic heterocycles. The number of carboxylic acid groups (broad SMARTS) is 1. The van der Waals surface area contributed by atoms with Crippen LogP contribution in [-0.2, 0) is 10.2 Å². The van der Waals surface area contributed by atoms with Gasteiger partial charge in [-0.3, -0.25) is 4.79 Å². The molecule has 106 valence electrons. The molecule has 4 heteroatoms. The van der Waals surface area contributed by atoms with Crippen molar-refractivity contribution in [2.75, 3.05) is 13.2 Å². The van der Waals surface area contributed by atoms with Crippen LogP contribution in [0.3, 0.4) is 0 Å². The number of ether oxygens (including phenoxy) is 1. The van der Waals surface area contributed by atoms with Gasteiger partial charge in [-0.1, -0.05) is 32.9 Å². The summed E-state index contributed by atoms with van der Waals surface area (Å²) in [7, 11) is 0. The van der Waals surface area contributed by atoms with Crippen molar-refractivity contribution < 1.29 is 14.6 Å². The van der Waals surface area contributed by atoms with Crippen LogP contribution in [0.15, 0.2) is 24.3 Å². The Bertz CT molecular complexity index is 414. The van der Waals surface area contributed by atoms with Gasteiger partial charge in [-0.05, 0) is 23.6 Å². The number of nitrogens with two attached hydrogens (primary N) is 1. The maximum absolute atomic E-state index is 10.9. The summed E-state index contributed by atoms with van der Waals surface area (Å²) in [4.78, 5) is 10.9. The van der Waals surface area contributed by atoms with E-state index in [4.69, 9.17) is 15.6 Å². The molecule has 0 aromatic heterocycles. The summed E-state index contributed by atoms with van der Waals surface area (Å²) in [5, 5.41) is 8.96. The normalized spacial score (nSPS) is 14.2. The number of rotatable bonds is 7. The Hall–Kier alpha value is -1.55. The zero-order valence-corrected chi connectivity index (χ0v) is 11.8. The van der Waals surface area contributed by atoms with E-state index < -0.39 is 11.4 Å². The molecule has 0 spiro atoms. The minimum absolute atomic E-state index is 0.0235. The number of aliphatic carboxylic acids is 1. The standard InChI is InChI=1S/C15H23NO3/c1-11(2)9-19-13-6-4-12(5-7-13)15(3,10-16)8-14(17)18/h4-7,11H,8-10,16H2,1-3H3,(H,17,18). The van der Waals surface area contributed by atoms with Gasteiger partial charge in [-0.15, -0.1) is 0 Å².